The van der Waals surface area contributed by atoms with Crippen molar-refractivity contribution in [3.8, 4) is 5.75 Å². The smallest absolute Gasteiger partial charge is 0.223 e. The number of piperidine rings is 1. The molecule has 138 valence electrons. The Balaban J connectivity index is 1.76. The SMILES string of the molecule is COc1ccc(C(CC(=O)N2CCC(OC)CC2)c2ccccc2)cc1. The topological polar surface area (TPSA) is 38.8 Å². The van der Waals surface area contributed by atoms with Crippen LogP contribution in [-0.2, 0) is 9.53 Å². The molecule has 2 aromatic carbocycles. The second-order valence-corrected chi connectivity index (χ2v) is 6.76. The molecule has 0 radical (unpaired) electrons. The highest BCUT2D eigenvalue weighted by atomic mass is 16.5. The van der Waals surface area contributed by atoms with E-state index in [0.29, 0.717) is 6.42 Å². The van der Waals surface area contributed by atoms with Crippen LogP contribution >= 0.6 is 0 Å². The molecule has 1 saturated heterocycles. The molecule has 1 aliphatic heterocycles. The van der Waals surface area contributed by atoms with Crippen molar-refractivity contribution >= 4 is 5.91 Å². The number of hydrogen-bond donors (Lipinski definition) is 0. The highest BCUT2D eigenvalue weighted by molar-refractivity contribution is 5.78. The molecule has 0 bridgehead atoms. The summed E-state index contributed by atoms with van der Waals surface area (Å²) in [6, 6.07) is 18.3. The van der Waals surface area contributed by atoms with E-state index >= 15 is 0 Å². The lowest BCUT2D eigenvalue weighted by Gasteiger charge is -2.32. The van der Waals surface area contributed by atoms with Gasteiger partial charge in [0.15, 0.2) is 0 Å². The summed E-state index contributed by atoms with van der Waals surface area (Å²) in [7, 11) is 3.41. The van der Waals surface area contributed by atoms with Crippen LogP contribution in [0.4, 0.5) is 0 Å². The molecule has 0 N–H and O–H groups in total. The molecule has 0 aromatic heterocycles. The van der Waals surface area contributed by atoms with E-state index < -0.39 is 0 Å². The molecule has 1 atom stereocenters. The van der Waals surface area contributed by atoms with Crippen LogP contribution in [0.15, 0.2) is 54.6 Å². The molecule has 4 heteroatoms. The van der Waals surface area contributed by atoms with Gasteiger partial charge in [-0.05, 0) is 36.1 Å². The Morgan fingerprint density at radius 1 is 1.00 bits per heavy atom. The Morgan fingerprint density at radius 3 is 2.19 bits per heavy atom. The van der Waals surface area contributed by atoms with E-state index in [9.17, 15) is 4.79 Å². The minimum absolute atomic E-state index is 0.0507. The van der Waals surface area contributed by atoms with E-state index in [0.717, 1.165) is 42.8 Å². The molecule has 1 amide bonds. The van der Waals surface area contributed by atoms with Crippen LogP contribution in [0.2, 0.25) is 0 Å². The Labute approximate surface area is 155 Å². The molecule has 3 rings (SSSR count). The van der Waals surface area contributed by atoms with Crippen LogP contribution in [0.1, 0.15) is 36.3 Å². The summed E-state index contributed by atoms with van der Waals surface area (Å²) < 4.78 is 10.7. The van der Waals surface area contributed by atoms with Gasteiger partial charge in [-0.1, -0.05) is 42.5 Å². The molecule has 1 fully saturated rings. The molecule has 26 heavy (non-hydrogen) atoms. The van der Waals surface area contributed by atoms with Gasteiger partial charge in [0.2, 0.25) is 5.91 Å². The average molecular weight is 353 g/mol. The first-order chi connectivity index (χ1) is 12.7. The quantitative estimate of drug-likeness (QED) is 0.792. The summed E-state index contributed by atoms with van der Waals surface area (Å²) in [6.45, 7) is 1.56. The third-order valence-electron chi connectivity index (χ3n) is 5.23. The average Bonchev–Trinajstić information content (AvgIpc) is 2.72. The van der Waals surface area contributed by atoms with E-state index in [2.05, 4.69) is 24.3 Å². The third kappa shape index (κ3) is 4.44. The highest BCUT2D eigenvalue weighted by Crippen LogP contribution is 2.30. The molecule has 0 spiro atoms. The number of hydrogen-bond acceptors (Lipinski definition) is 3. The van der Waals surface area contributed by atoms with Crippen LogP contribution in [0.3, 0.4) is 0 Å². The number of rotatable bonds is 6. The molecule has 1 unspecified atom stereocenters. The lowest BCUT2D eigenvalue weighted by Crippen LogP contribution is -2.41. The van der Waals surface area contributed by atoms with Crippen LogP contribution < -0.4 is 4.74 Å². The highest BCUT2D eigenvalue weighted by Gasteiger charge is 2.26. The Hall–Kier alpha value is -2.33. The predicted molar refractivity (Wildman–Crippen MR) is 103 cm³/mol. The second-order valence-electron chi connectivity index (χ2n) is 6.76. The molecule has 2 aromatic rings. The summed E-state index contributed by atoms with van der Waals surface area (Å²) in [6.07, 6.45) is 2.60. The lowest BCUT2D eigenvalue weighted by molar-refractivity contribution is -0.133. The monoisotopic (exact) mass is 353 g/mol. The molecule has 1 heterocycles. The minimum atomic E-state index is 0.0507. The lowest BCUT2D eigenvalue weighted by atomic mass is 9.88. The summed E-state index contributed by atoms with van der Waals surface area (Å²) in [5.74, 6) is 1.09. The van der Waals surface area contributed by atoms with Crippen LogP contribution in [-0.4, -0.2) is 44.2 Å². The van der Waals surface area contributed by atoms with Crippen molar-refractivity contribution in [2.45, 2.75) is 31.3 Å². The predicted octanol–water partition coefficient (Wildman–Crippen LogP) is 3.85. The number of carbonyl (C=O) groups is 1. The summed E-state index contributed by atoms with van der Waals surface area (Å²) in [5, 5.41) is 0. The zero-order valence-electron chi connectivity index (χ0n) is 15.6. The van der Waals surface area contributed by atoms with Crippen molar-refractivity contribution in [3.63, 3.8) is 0 Å². The Kier molecular flexibility index (Phi) is 6.29. The van der Waals surface area contributed by atoms with Crippen LogP contribution in [0, 0.1) is 0 Å². The van der Waals surface area contributed by atoms with Crippen LogP contribution in [0.5, 0.6) is 5.75 Å². The van der Waals surface area contributed by atoms with Crippen molar-refractivity contribution in [2.24, 2.45) is 0 Å². The van der Waals surface area contributed by atoms with Crippen molar-refractivity contribution in [1.82, 2.24) is 4.90 Å². The van der Waals surface area contributed by atoms with Crippen LogP contribution in [0.25, 0.3) is 0 Å². The molecule has 4 nitrogen and oxygen atoms in total. The van der Waals surface area contributed by atoms with Gasteiger partial charge >= 0.3 is 0 Å². The normalized spacial score (nSPS) is 16.3. The van der Waals surface area contributed by atoms with Gasteiger partial charge in [0.1, 0.15) is 5.75 Å². The van der Waals surface area contributed by atoms with E-state index in [4.69, 9.17) is 9.47 Å². The van der Waals surface area contributed by atoms with Gasteiger partial charge < -0.3 is 14.4 Å². The largest absolute Gasteiger partial charge is 0.497 e. The van der Waals surface area contributed by atoms with Gasteiger partial charge in [-0.2, -0.15) is 0 Å². The van der Waals surface area contributed by atoms with Gasteiger partial charge in [-0.25, -0.2) is 0 Å². The fourth-order valence-corrected chi connectivity index (χ4v) is 3.59. The number of nitrogens with zero attached hydrogens (tertiary/aromatic N) is 1. The fraction of sp³-hybridized carbons (Fsp3) is 0.409. The first-order valence-corrected chi connectivity index (χ1v) is 9.20. The number of ether oxygens (including phenoxy) is 2. The standard InChI is InChI=1S/C22H27NO3/c1-25-19-10-8-18(9-11-19)21(17-6-4-3-5-7-17)16-22(24)23-14-12-20(26-2)13-15-23/h3-11,20-21H,12-16H2,1-2H3. The molecular formula is C22H27NO3. The van der Waals surface area contributed by atoms with Crippen molar-refractivity contribution in [2.75, 3.05) is 27.3 Å². The second kappa shape index (κ2) is 8.86. The van der Waals surface area contributed by atoms with E-state index in [1.54, 1.807) is 14.2 Å². The third-order valence-corrected chi connectivity index (χ3v) is 5.23. The minimum Gasteiger partial charge on any atom is -0.497 e. The van der Waals surface area contributed by atoms with Gasteiger partial charge in [0.25, 0.3) is 0 Å². The van der Waals surface area contributed by atoms with Crippen molar-refractivity contribution in [1.29, 1.82) is 0 Å². The maximum Gasteiger partial charge on any atom is 0.223 e. The number of carbonyl (C=O) groups excluding carboxylic acids is 1. The fourth-order valence-electron chi connectivity index (χ4n) is 3.59. The molecule has 1 aliphatic rings. The number of likely N-dealkylation sites (tertiary alicyclic amines) is 1. The van der Waals surface area contributed by atoms with Gasteiger partial charge in [0.05, 0.1) is 13.2 Å². The van der Waals surface area contributed by atoms with Crippen molar-refractivity contribution < 1.29 is 14.3 Å². The number of benzene rings is 2. The molecular weight excluding hydrogens is 326 g/mol. The molecule has 0 saturated carbocycles. The molecule has 0 aliphatic carbocycles. The first kappa shape index (κ1) is 18.5. The van der Waals surface area contributed by atoms with E-state index in [1.165, 1.54) is 0 Å². The Bertz CT molecular complexity index is 691. The van der Waals surface area contributed by atoms with E-state index in [1.807, 2.05) is 35.2 Å². The maximum atomic E-state index is 12.9. The number of methoxy groups -OCH3 is 2. The summed E-state index contributed by atoms with van der Waals surface area (Å²) >= 11 is 0. The maximum absolute atomic E-state index is 12.9. The summed E-state index contributed by atoms with van der Waals surface area (Å²) in [4.78, 5) is 14.9. The van der Waals surface area contributed by atoms with E-state index in [-0.39, 0.29) is 17.9 Å². The zero-order valence-corrected chi connectivity index (χ0v) is 15.6. The Morgan fingerprint density at radius 2 is 1.62 bits per heavy atom. The van der Waals surface area contributed by atoms with Gasteiger partial charge in [-0.3, -0.25) is 4.79 Å². The summed E-state index contributed by atoms with van der Waals surface area (Å²) in [5.41, 5.74) is 2.30. The van der Waals surface area contributed by atoms with Gasteiger partial charge in [-0.15, -0.1) is 0 Å². The van der Waals surface area contributed by atoms with Crippen molar-refractivity contribution in [3.05, 3.63) is 65.7 Å². The van der Waals surface area contributed by atoms with Gasteiger partial charge in [0, 0.05) is 32.5 Å². The number of amides is 1. The first-order valence-electron chi connectivity index (χ1n) is 9.20. The zero-order chi connectivity index (χ0) is 18.4.